The van der Waals surface area contributed by atoms with Crippen LogP contribution in [0.2, 0.25) is 0 Å². The second kappa shape index (κ2) is 5.04. The molecule has 0 saturated heterocycles. The molecule has 2 unspecified atom stereocenters. The Labute approximate surface area is 78.9 Å². The van der Waals surface area contributed by atoms with Gasteiger partial charge in [0.1, 0.15) is 5.76 Å². The number of rotatable bonds is 5. The first-order valence-corrected chi connectivity index (χ1v) is 4.58. The molecule has 1 rings (SSSR count). The third kappa shape index (κ3) is 2.86. The third-order valence-corrected chi connectivity index (χ3v) is 2.20. The highest BCUT2D eigenvalue weighted by molar-refractivity contribution is 5.01. The highest BCUT2D eigenvalue weighted by Gasteiger charge is 2.16. The van der Waals surface area contributed by atoms with Crippen LogP contribution < -0.4 is 5.73 Å². The van der Waals surface area contributed by atoms with Crippen LogP contribution in [0.1, 0.15) is 19.1 Å². The molecule has 2 atom stereocenters. The van der Waals surface area contributed by atoms with E-state index >= 15 is 0 Å². The molecule has 2 N–H and O–H groups in total. The molecule has 0 radical (unpaired) electrons. The predicted octanol–water partition coefficient (Wildman–Crippen LogP) is 1.57. The maximum atomic E-state index is 5.95. The van der Waals surface area contributed by atoms with Crippen LogP contribution in [0.25, 0.3) is 0 Å². The summed E-state index contributed by atoms with van der Waals surface area (Å²) in [6.07, 6.45) is 3.44. The summed E-state index contributed by atoms with van der Waals surface area (Å²) in [6.45, 7) is 2.07. The van der Waals surface area contributed by atoms with Gasteiger partial charge in [0.05, 0.1) is 12.4 Å². The Hall–Kier alpha value is -0.800. The quantitative estimate of drug-likeness (QED) is 0.753. The van der Waals surface area contributed by atoms with Gasteiger partial charge in [0.25, 0.3) is 0 Å². The van der Waals surface area contributed by atoms with E-state index < -0.39 is 0 Å². The van der Waals surface area contributed by atoms with Crippen molar-refractivity contribution in [2.24, 2.45) is 5.73 Å². The fourth-order valence-electron chi connectivity index (χ4n) is 1.44. The van der Waals surface area contributed by atoms with Crippen LogP contribution in [0.3, 0.4) is 0 Å². The highest BCUT2D eigenvalue weighted by atomic mass is 16.5. The molecule has 13 heavy (non-hydrogen) atoms. The minimum atomic E-state index is 0.0150. The first-order valence-electron chi connectivity index (χ1n) is 4.58. The van der Waals surface area contributed by atoms with Gasteiger partial charge in [-0.25, -0.2) is 0 Å². The fourth-order valence-corrected chi connectivity index (χ4v) is 1.44. The van der Waals surface area contributed by atoms with E-state index in [2.05, 4.69) is 6.92 Å². The highest BCUT2D eigenvalue weighted by Crippen LogP contribution is 2.09. The van der Waals surface area contributed by atoms with Crippen LogP contribution >= 0.6 is 0 Å². The largest absolute Gasteiger partial charge is 0.469 e. The lowest BCUT2D eigenvalue weighted by Gasteiger charge is -2.19. The van der Waals surface area contributed by atoms with Gasteiger partial charge in [-0.1, -0.05) is 6.92 Å². The number of furan rings is 1. The van der Waals surface area contributed by atoms with E-state index in [4.69, 9.17) is 14.9 Å². The van der Waals surface area contributed by atoms with Crippen molar-refractivity contribution in [1.29, 1.82) is 0 Å². The number of hydrogen-bond donors (Lipinski definition) is 1. The Bertz CT molecular complexity index is 217. The molecule has 0 aliphatic heterocycles. The molecule has 0 fully saturated rings. The van der Waals surface area contributed by atoms with Crippen molar-refractivity contribution in [2.75, 3.05) is 7.11 Å². The van der Waals surface area contributed by atoms with E-state index in [0.29, 0.717) is 0 Å². The normalized spacial score (nSPS) is 15.6. The summed E-state index contributed by atoms with van der Waals surface area (Å²) < 4.78 is 10.5. The zero-order chi connectivity index (χ0) is 9.68. The third-order valence-electron chi connectivity index (χ3n) is 2.20. The molecule has 1 heterocycles. The zero-order valence-corrected chi connectivity index (χ0v) is 8.19. The van der Waals surface area contributed by atoms with Crippen LogP contribution in [-0.2, 0) is 11.2 Å². The van der Waals surface area contributed by atoms with Gasteiger partial charge in [0, 0.05) is 19.6 Å². The Kier molecular flexibility index (Phi) is 3.99. The molecule has 3 nitrogen and oxygen atoms in total. The number of ether oxygens (including phenoxy) is 1. The van der Waals surface area contributed by atoms with Gasteiger partial charge in [-0.05, 0) is 18.6 Å². The molecule has 1 aromatic rings. The van der Waals surface area contributed by atoms with Gasteiger partial charge in [-0.2, -0.15) is 0 Å². The fraction of sp³-hybridized carbons (Fsp3) is 0.600. The molecule has 0 bridgehead atoms. The summed E-state index contributed by atoms with van der Waals surface area (Å²) in [6, 6.07) is 3.82. The smallest absolute Gasteiger partial charge is 0.105 e. The van der Waals surface area contributed by atoms with Crippen LogP contribution in [0.5, 0.6) is 0 Å². The maximum Gasteiger partial charge on any atom is 0.105 e. The van der Waals surface area contributed by atoms with Crippen molar-refractivity contribution in [1.82, 2.24) is 0 Å². The molecular weight excluding hydrogens is 166 g/mol. The standard InChI is InChI=1S/C10H17NO2/c1-3-10(12-2)9(11)7-8-5-4-6-13-8/h4-6,9-10H,3,7,11H2,1-2H3. The molecule has 0 aromatic carbocycles. The molecule has 0 saturated carbocycles. The van der Waals surface area contributed by atoms with E-state index in [9.17, 15) is 0 Å². The average Bonchev–Trinajstić information content (AvgIpc) is 2.59. The van der Waals surface area contributed by atoms with Gasteiger partial charge in [0.15, 0.2) is 0 Å². The van der Waals surface area contributed by atoms with Crippen molar-refractivity contribution in [3.05, 3.63) is 24.2 Å². The monoisotopic (exact) mass is 183 g/mol. The van der Waals surface area contributed by atoms with Gasteiger partial charge in [0.2, 0.25) is 0 Å². The van der Waals surface area contributed by atoms with Crippen LogP contribution in [0.15, 0.2) is 22.8 Å². The van der Waals surface area contributed by atoms with E-state index in [1.807, 2.05) is 12.1 Å². The Morgan fingerprint density at radius 1 is 1.62 bits per heavy atom. The molecule has 74 valence electrons. The van der Waals surface area contributed by atoms with E-state index in [1.165, 1.54) is 0 Å². The van der Waals surface area contributed by atoms with Crippen molar-refractivity contribution < 1.29 is 9.15 Å². The van der Waals surface area contributed by atoms with Crippen molar-refractivity contribution in [3.8, 4) is 0 Å². The molecule has 3 heteroatoms. The number of methoxy groups -OCH3 is 1. The van der Waals surface area contributed by atoms with Gasteiger partial charge in [-0.3, -0.25) is 0 Å². The van der Waals surface area contributed by atoms with E-state index in [-0.39, 0.29) is 12.1 Å². The van der Waals surface area contributed by atoms with Gasteiger partial charge < -0.3 is 14.9 Å². The van der Waals surface area contributed by atoms with Gasteiger partial charge in [-0.15, -0.1) is 0 Å². The molecular formula is C10H17NO2. The van der Waals surface area contributed by atoms with Gasteiger partial charge >= 0.3 is 0 Å². The summed E-state index contributed by atoms with van der Waals surface area (Å²) in [5.74, 6) is 0.919. The first-order chi connectivity index (χ1) is 6.27. The van der Waals surface area contributed by atoms with Crippen LogP contribution in [-0.4, -0.2) is 19.3 Å². The second-order valence-electron chi connectivity index (χ2n) is 3.13. The van der Waals surface area contributed by atoms with Crippen molar-refractivity contribution in [3.63, 3.8) is 0 Å². The zero-order valence-electron chi connectivity index (χ0n) is 8.19. The lowest BCUT2D eigenvalue weighted by Crippen LogP contribution is -2.37. The predicted molar refractivity (Wildman–Crippen MR) is 51.5 cm³/mol. The van der Waals surface area contributed by atoms with Crippen LogP contribution in [0.4, 0.5) is 0 Å². The molecule has 0 aliphatic rings. The summed E-state index contributed by atoms with van der Waals surface area (Å²) in [5.41, 5.74) is 5.95. The number of nitrogens with two attached hydrogens (primary N) is 1. The SMILES string of the molecule is CCC(OC)C(N)Cc1ccco1. The lowest BCUT2D eigenvalue weighted by molar-refractivity contribution is 0.0758. The van der Waals surface area contributed by atoms with Crippen LogP contribution in [0, 0.1) is 0 Å². The Morgan fingerprint density at radius 2 is 2.38 bits per heavy atom. The lowest BCUT2D eigenvalue weighted by atomic mass is 10.1. The average molecular weight is 183 g/mol. The summed E-state index contributed by atoms with van der Waals surface area (Å²) in [5, 5.41) is 0. The summed E-state index contributed by atoms with van der Waals surface area (Å²) >= 11 is 0. The minimum absolute atomic E-state index is 0.0150. The maximum absolute atomic E-state index is 5.95. The summed E-state index contributed by atoms with van der Waals surface area (Å²) in [7, 11) is 1.69. The molecule has 0 aliphatic carbocycles. The number of hydrogen-bond acceptors (Lipinski definition) is 3. The topological polar surface area (TPSA) is 48.4 Å². The minimum Gasteiger partial charge on any atom is -0.469 e. The summed E-state index contributed by atoms with van der Waals surface area (Å²) in [4.78, 5) is 0. The van der Waals surface area contributed by atoms with Crippen molar-refractivity contribution >= 4 is 0 Å². The van der Waals surface area contributed by atoms with Crippen molar-refractivity contribution in [2.45, 2.75) is 31.9 Å². The van der Waals surface area contributed by atoms with E-state index in [0.717, 1.165) is 18.6 Å². The first kappa shape index (κ1) is 10.3. The van der Waals surface area contributed by atoms with E-state index in [1.54, 1.807) is 13.4 Å². The Balaban J connectivity index is 2.44. The molecule has 0 spiro atoms. The molecule has 0 amide bonds. The Morgan fingerprint density at radius 3 is 2.85 bits per heavy atom. The second-order valence-corrected chi connectivity index (χ2v) is 3.13. The molecule has 1 aromatic heterocycles.